The van der Waals surface area contributed by atoms with Gasteiger partial charge in [0, 0.05) is 37.5 Å². The molecule has 17 nitrogen and oxygen atoms in total. The predicted molar refractivity (Wildman–Crippen MR) is 226 cm³/mol. The van der Waals surface area contributed by atoms with Crippen LogP contribution >= 0.6 is 0 Å². The maximum Gasteiger partial charge on any atom is 0.255 e. The highest BCUT2D eigenvalue weighted by Crippen LogP contribution is 2.42. The number of carbonyl (C=O) groups is 5. The van der Waals surface area contributed by atoms with E-state index >= 15 is 0 Å². The molecule has 1 aromatic heterocycles. The van der Waals surface area contributed by atoms with Crippen molar-refractivity contribution in [2.45, 2.75) is 76.2 Å². The van der Waals surface area contributed by atoms with Gasteiger partial charge in [-0.3, -0.25) is 24.0 Å². The SMILES string of the molecule is COc1ccccc1Cc1coc(CNC(=O)[C@H](O)[C@@H](O)C(=O)N(C)[C@H](C)C2c3ccccc3C(CN(C(=O)[C@H](O)[C@@H](O)C(=O)NCC(N)=O)[C@H](C)c3ccccc3)=CC2C)n1. The Morgan fingerprint density at radius 2 is 1.45 bits per heavy atom. The van der Waals surface area contributed by atoms with E-state index < -0.39 is 72.6 Å². The van der Waals surface area contributed by atoms with Crippen molar-refractivity contribution < 1.29 is 53.6 Å². The summed E-state index contributed by atoms with van der Waals surface area (Å²) in [6, 6.07) is 22.6. The van der Waals surface area contributed by atoms with Crippen LogP contribution < -0.4 is 21.1 Å². The van der Waals surface area contributed by atoms with Crippen molar-refractivity contribution in [3.63, 3.8) is 0 Å². The third kappa shape index (κ3) is 10.9. The first kappa shape index (κ1) is 46.7. The number of aromatic nitrogens is 1. The second kappa shape index (κ2) is 20.9. The van der Waals surface area contributed by atoms with Gasteiger partial charge in [0.15, 0.2) is 24.4 Å². The van der Waals surface area contributed by atoms with Crippen LogP contribution in [0.5, 0.6) is 5.75 Å². The Morgan fingerprint density at radius 3 is 2.13 bits per heavy atom. The van der Waals surface area contributed by atoms with Gasteiger partial charge in [-0.25, -0.2) is 4.98 Å². The first-order valence-corrected chi connectivity index (χ1v) is 20.1. The minimum Gasteiger partial charge on any atom is -0.496 e. The molecule has 3 aromatic carbocycles. The number of benzene rings is 3. The van der Waals surface area contributed by atoms with Crippen molar-refractivity contribution in [2.24, 2.45) is 11.7 Å². The van der Waals surface area contributed by atoms with E-state index in [9.17, 15) is 44.4 Å². The molecule has 0 spiro atoms. The fraction of sp³-hybridized carbons (Fsp3) is 0.378. The van der Waals surface area contributed by atoms with Crippen LogP contribution in [0.15, 0.2) is 95.6 Å². The molecule has 0 bridgehead atoms. The Hall–Kier alpha value is -6.40. The number of ether oxygens (including phenoxy) is 1. The average molecular weight is 855 g/mol. The largest absolute Gasteiger partial charge is 0.496 e. The summed E-state index contributed by atoms with van der Waals surface area (Å²) in [6.45, 7) is 4.59. The first-order valence-electron chi connectivity index (χ1n) is 20.1. The fourth-order valence-corrected chi connectivity index (χ4v) is 7.69. The monoisotopic (exact) mass is 854 g/mol. The summed E-state index contributed by atoms with van der Waals surface area (Å²) in [6.07, 6.45) is -4.82. The van der Waals surface area contributed by atoms with Gasteiger partial charge in [0.25, 0.3) is 23.6 Å². The summed E-state index contributed by atoms with van der Waals surface area (Å²) < 4.78 is 10.9. The normalized spacial score (nSPS) is 17.5. The number of amides is 5. The summed E-state index contributed by atoms with van der Waals surface area (Å²) in [5.41, 5.74) is 9.48. The topological polar surface area (TPSA) is 258 Å². The summed E-state index contributed by atoms with van der Waals surface area (Å²) >= 11 is 0. The lowest BCUT2D eigenvalue weighted by Gasteiger charge is -2.41. The van der Waals surface area contributed by atoms with Crippen LogP contribution in [-0.2, 0) is 36.9 Å². The summed E-state index contributed by atoms with van der Waals surface area (Å²) in [5.74, 6) is -4.69. The van der Waals surface area contributed by atoms with Gasteiger partial charge in [-0.1, -0.05) is 85.8 Å². The molecule has 5 amide bonds. The highest BCUT2D eigenvalue weighted by Gasteiger charge is 2.40. The maximum absolute atomic E-state index is 14.0. The van der Waals surface area contributed by atoms with Crippen molar-refractivity contribution in [1.29, 1.82) is 0 Å². The second-order valence-corrected chi connectivity index (χ2v) is 15.3. The highest BCUT2D eigenvalue weighted by molar-refractivity contribution is 5.93. The van der Waals surface area contributed by atoms with Crippen LogP contribution in [-0.4, -0.2) is 122 Å². The van der Waals surface area contributed by atoms with Crippen LogP contribution in [0.1, 0.15) is 66.6 Å². The molecule has 8 N–H and O–H groups in total. The Labute approximate surface area is 359 Å². The molecule has 330 valence electrons. The molecule has 1 aliphatic rings. The van der Waals surface area contributed by atoms with Crippen molar-refractivity contribution in [3.05, 3.63) is 125 Å². The molecule has 0 radical (unpaired) electrons. The molecule has 0 fully saturated rings. The number of oxazole rings is 1. The third-order valence-corrected chi connectivity index (χ3v) is 11.2. The van der Waals surface area contributed by atoms with E-state index in [2.05, 4.69) is 15.6 Å². The van der Waals surface area contributed by atoms with Gasteiger partial charge in [-0.15, -0.1) is 0 Å². The van der Waals surface area contributed by atoms with E-state index in [1.165, 1.54) is 23.1 Å². The second-order valence-electron chi connectivity index (χ2n) is 15.3. The first-order chi connectivity index (χ1) is 29.5. The number of fused-ring (bicyclic) bond motifs is 1. The number of aliphatic hydroxyl groups is 4. The van der Waals surface area contributed by atoms with E-state index in [1.54, 1.807) is 45.2 Å². The Morgan fingerprint density at radius 1 is 0.839 bits per heavy atom. The average Bonchev–Trinajstić information content (AvgIpc) is 3.74. The minimum atomic E-state index is -2.20. The summed E-state index contributed by atoms with van der Waals surface area (Å²) in [4.78, 5) is 71.3. The molecule has 0 aliphatic heterocycles. The Balaban J connectivity index is 1.28. The number of hydrogen-bond acceptors (Lipinski definition) is 12. The number of aliphatic hydroxyl groups excluding tert-OH is 4. The number of methoxy groups -OCH3 is 1. The van der Waals surface area contributed by atoms with Gasteiger partial charge in [0.1, 0.15) is 12.0 Å². The van der Waals surface area contributed by atoms with Gasteiger partial charge >= 0.3 is 0 Å². The number of likely N-dealkylation sites (N-methyl/N-ethyl adjacent to an activating group) is 1. The highest BCUT2D eigenvalue weighted by atomic mass is 16.5. The molecule has 1 aliphatic carbocycles. The van der Waals surface area contributed by atoms with Crippen LogP contribution in [0.3, 0.4) is 0 Å². The van der Waals surface area contributed by atoms with Crippen LogP contribution in [0.25, 0.3) is 5.57 Å². The van der Waals surface area contributed by atoms with Crippen LogP contribution in [0, 0.1) is 5.92 Å². The van der Waals surface area contributed by atoms with Gasteiger partial charge in [0.2, 0.25) is 11.8 Å². The number of primary amides is 1. The molecule has 62 heavy (non-hydrogen) atoms. The summed E-state index contributed by atoms with van der Waals surface area (Å²) in [5, 5.41) is 48.0. The standard InChI is InChI=1S/C45H54N6O11/c1-25-19-30(23-51(26(2)28-13-7-6-8-14-28)45(60)41(56)39(54)42(57)47-21-35(46)52)32-16-10-11-17-33(32)37(25)27(3)50(4)44(59)40(55)38(53)43(58)48-22-36-49-31(24-62-36)20-29-15-9-12-18-34(29)61-5/h6-19,24-27,37-41,53-56H,20-23H2,1-5H3,(H2,46,52)(H,47,57)(H,48,58)/t25?,26-,27-,37?,38-,39-,40-,41-/m1/s1. The molecular formula is C45H54N6O11. The Bertz CT molecular complexity index is 2250. The molecule has 17 heteroatoms. The zero-order valence-electron chi connectivity index (χ0n) is 35.2. The zero-order valence-corrected chi connectivity index (χ0v) is 35.2. The molecule has 5 rings (SSSR count). The lowest BCUT2D eigenvalue weighted by Crippen LogP contribution is -2.53. The molecule has 4 aromatic rings. The lowest BCUT2D eigenvalue weighted by molar-refractivity contribution is -0.154. The zero-order chi connectivity index (χ0) is 45.2. The fourth-order valence-electron chi connectivity index (χ4n) is 7.69. The number of carbonyl (C=O) groups excluding carboxylic acids is 5. The van der Waals surface area contributed by atoms with Crippen molar-refractivity contribution in [1.82, 2.24) is 25.4 Å². The molecule has 8 atom stereocenters. The number of nitrogens with zero attached hydrogens (tertiary/aromatic N) is 3. The number of nitrogens with two attached hydrogens (primary N) is 1. The molecule has 0 saturated carbocycles. The number of nitrogens with one attached hydrogen (secondary N) is 2. The number of rotatable bonds is 19. The maximum atomic E-state index is 14.0. The smallest absolute Gasteiger partial charge is 0.255 e. The van der Waals surface area contributed by atoms with Crippen molar-refractivity contribution in [2.75, 3.05) is 27.2 Å². The molecule has 0 saturated heterocycles. The van der Waals surface area contributed by atoms with Gasteiger partial charge in [0.05, 0.1) is 31.9 Å². The lowest BCUT2D eigenvalue weighted by atomic mass is 9.73. The number of hydrogen-bond donors (Lipinski definition) is 7. The third-order valence-electron chi connectivity index (χ3n) is 11.2. The number of para-hydroxylation sites is 1. The minimum absolute atomic E-state index is 0.0601. The van der Waals surface area contributed by atoms with Gasteiger partial charge < -0.3 is 55.7 Å². The molecule has 2 unspecified atom stereocenters. The molecule has 1 heterocycles. The Kier molecular flexibility index (Phi) is 15.7. The van der Waals surface area contributed by atoms with E-state index in [0.29, 0.717) is 29.0 Å². The van der Waals surface area contributed by atoms with E-state index in [1.807, 2.05) is 67.6 Å². The van der Waals surface area contributed by atoms with E-state index in [0.717, 1.165) is 16.7 Å². The van der Waals surface area contributed by atoms with Crippen molar-refractivity contribution in [3.8, 4) is 5.75 Å². The molecular weight excluding hydrogens is 801 g/mol. The van der Waals surface area contributed by atoms with Crippen LogP contribution in [0.4, 0.5) is 0 Å². The number of allylic oxidation sites excluding steroid dienone is 1. The van der Waals surface area contributed by atoms with Gasteiger partial charge in [-0.2, -0.15) is 0 Å². The predicted octanol–water partition coefficient (Wildman–Crippen LogP) is 1.19. The van der Waals surface area contributed by atoms with Crippen LogP contribution in [0.2, 0.25) is 0 Å². The summed E-state index contributed by atoms with van der Waals surface area (Å²) in [7, 11) is 3.04. The van der Waals surface area contributed by atoms with Crippen molar-refractivity contribution >= 4 is 35.1 Å². The van der Waals surface area contributed by atoms with E-state index in [4.69, 9.17) is 14.9 Å². The van der Waals surface area contributed by atoms with E-state index in [-0.39, 0.29) is 30.8 Å². The quantitative estimate of drug-likeness (QED) is 0.0702. The van der Waals surface area contributed by atoms with Gasteiger partial charge in [-0.05, 0) is 48.1 Å².